The van der Waals surface area contributed by atoms with Crippen LogP contribution in [0.1, 0.15) is 0 Å². The van der Waals surface area contributed by atoms with Gasteiger partial charge in [0.2, 0.25) is 5.88 Å². The Hall–Kier alpha value is -2.04. The average Bonchev–Trinajstić information content (AvgIpc) is 2.61. The van der Waals surface area contributed by atoms with Crippen LogP contribution in [0.5, 0.6) is 5.88 Å². The number of hydrogen-bond acceptors (Lipinski definition) is 7. The summed E-state index contributed by atoms with van der Waals surface area (Å²) in [4.78, 5) is 3.72. The Labute approximate surface area is 172 Å². The molecule has 8 nitrogen and oxygen atoms in total. The van der Waals surface area contributed by atoms with E-state index in [4.69, 9.17) is 10.5 Å². The van der Waals surface area contributed by atoms with E-state index in [1.165, 1.54) is 19.4 Å². The fraction of sp³-hybridized carbons (Fsp3) is 0.0625. The van der Waals surface area contributed by atoms with Crippen molar-refractivity contribution in [3.63, 3.8) is 0 Å². The molecule has 1 aromatic heterocycles. The minimum absolute atomic E-state index is 0. The molecule has 0 aliphatic carbocycles. The normalized spacial score (nSPS) is 11.5. The van der Waals surface area contributed by atoms with Gasteiger partial charge in [0.1, 0.15) is 16.3 Å². The van der Waals surface area contributed by atoms with Crippen molar-refractivity contribution in [1.82, 2.24) is 4.98 Å². The number of benzene rings is 2. The third-order valence-corrected chi connectivity index (χ3v) is 4.40. The van der Waals surface area contributed by atoms with E-state index in [0.717, 1.165) is 0 Å². The molecular weight excluding hydrogens is 367 g/mol. The first kappa shape index (κ1) is 20.3. The van der Waals surface area contributed by atoms with E-state index in [1.54, 1.807) is 36.4 Å². The number of rotatable bonds is 4. The number of methoxy groups -OCH3 is 1. The van der Waals surface area contributed by atoms with Gasteiger partial charge in [-0.2, -0.15) is 8.42 Å². The summed E-state index contributed by atoms with van der Waals surface area (Å²) in [7, 11) is -2.95. The first-order valence-electron chi connectivity index (χ1n) is 7.10. The van der Waals surface area contributed by atoms with Gasteiger partial charge in [-0.1, -0.05) is 24.3 Å². The number of ether oxygens (including phenoxy) is 1. The molecule has 0 amide bonds. The van der Waals surface area contributed by atoms with E-state index in [-0.39, 0.29) is 45.8 Å². The third-order valence-electron chi connectivity index (χ3n) is 3.51. The van der Waals surface area contributed by atoms with Crippen LogP contribution in [0.3, 0.4) is 0 Å². The summed E-state index contributed by atoms with van der Waals surface area (Å²) in [5.74, 6) is 0.429. The van der Waals surface area contributed by atoms with Crippen LogP contribution >= 0.6 is 0 Å². The van der Waals surface area contributed by atoms with Crippen LogP contribution in [0.2, 0.25) is 0 Å². The molecule has 0 spiro atoms. The molecule has 130 valence electrons. The van der Waals surface area contributed by atoms with Gasteiger partial charge in [-0.3, -0.25) is 4.55 Å². The fourth-order valence-corrected chi connectivity index (χ4v) is 3.03. The Balaban J connectivity index is 0.00000243. The predicted molar refractivity (Wildman–Crippen MR) is 100 cm³/mol. The van der Waals surface area contributed by atoms with Gasteiger partial charge in [-0.15, -0.1) is 10.2 Å². The quantitative estimate of drug-likeness (QED) is 0.309. The molecule has 0 bridgehead atoms. The van der Waals surface area contributed by atoms with Crippen molar-refractivity contribution in [1.29, 1.82) is 0 Å². The van der Waals surface area contributed by atoms with E-state index < -0.39 is 10.1 Å². The molecular formula is C16H15N4NaO4S. The van der Waals surface area contributed by atoms with Crippen LogP contribution in [-0.2, 0) is 10.1 Å². The Morgan fingerprint density at radius 1 is 1.12 bits per heavy atom. The van der Waals surface area contributed by atoms with Crippen LogP contribution in [0.25, 0.3) is 10.8 Å². The number of aromatic nitrogens is 1. The molecule has 0 fully saturated rings. The Morgan fingerprint density at radius 2 is 1.81 bits per heavy atom. The molecule has 3 rings (SSSR count). The maximum absolute atomic E-state index is 11.7. The third kappa shape index (κ3) is 4.19. The summed E-state index contributed by atoms with van der Waals surface area (Å²) in [6.07, 6.45) is 1.45. The van der Waals surface area contributed by atoms with Gasteiger partial charge in [0.05, 0.1) is 19.0 Å². The number of anilines is 1. The molecule has 0 radical (unpaired) electrons. The second-order valence-corrected chi connectivity index (χ2v) is 6.48. The first-order valence-corrected chi connectivity index (χ1v) is 8.54. The average molecular weight is 382 g/mol. The molecule has 0 aliphatic rings. The minimum atomic E-state index is -4.45. The molecule has 0 aliphatic heterocycles. The van der Waals surface area contributed by atoms with Crippen molar-refractivity contribution in [2.45, 2.75) is 4.90 Å². The molecule has 0 unspecified atom stereocenters. The second kappa shape index (κ2) is 8.11. The predicted octanol–water partition coefficient (Wildman–Crippen LogP) is 2.84. The van der Waals surface area contributed by atoms with Crippen LogP contribution in [0.4, 0.5) is 17.1 Å². The van der Waals surface area contributed by atoms with Gasteiger partial charge >= 0.3 is 29.6 Å². The number of fused-ring (bicyclic) bond motifs is 1. The van der Waals surface area contributed by atoms with Crippen molar-refractivity contribution in [3.8, 4) is 5.88 Å². The monoisotopic (exact) mass is 382 g/mol. The number of pyridine rings is 1. The maximum atomic E-state index is 11.7. The zero-order chi connectivity index (χ0) is 18.0. The summed E-state index contributed by atoms with van der Waals surface area (Å²) < 4.78 is 37.8. The first-order chi connectivity index (χ1) is 11.9. The SMILES string of the molecule is COc1ccc(N=Nc2cc(S(=O)(=O)O)c3ccccc3c2N)cn1.[NaH]. The van der Waals surface area contributed by atoms with Gasteiger partial charge in [0, 0.05) is 16.8 Å². The number of nitrogens with zero attached hydrogens (tertiary/aromatic N) is 3. The summed E-state index contributed by atoms with van der Waals surface area (Å²) in [5.41, 5.74) is 6.89. The molecule has 10 heteroatoms. The van der Waals surface area contributed by atoms with E-state index in [1.807, 2.05) is 0 Å². The van der Waals surface area contributed by atoms with E-state index in [9.17, 15) is 13.0 Å². The molecule has 2 aromatic carbocycles. The summed E-state index contributed by atoms with van der Waals surface area (Å²) in [6.45, 7) is 0. The molecule has 0 saturated carbocycles. The molecule has 0 atom stereocenters. The van der Waals surface area contributed by atoms with Crippen LogP contribution in [0.15, 0.2) is 63.8 Å². The Morgan fingerprint density at radius 3 is 2.38 bits per heavy atom. The zero-order valence-electron chi connectivity index (χ0n) is 13.1. The van der Waals surface area contributed by atoms with Crippen LogP contribution < -0.4 is 10.5 Å². The van der Waals surface area contributed by atoms with Crippen molar-refractivity contribution < 1.29 is 17.7 Å². The van der Waals surface area contributed by atoms with Crippen molar-refractivity contribution in [2.24, 2.45) is 10.2 Å². The molecule has 0 saturated heterocycles. The van der Waals surface area contributed by atoms with Crippen LogP contribution in [0, 0.1) is 0 Å². The fourth-order valence-electron chi connectivity index (χ4n) is 2.31. The number of nitrogen functional groups attached to an aromatic ring is 1. The molecule has 1 heterocycles. The van der Waals surface area contributed by atoms with Gasteiger partial charge in [0.25, 0.3) is 10.1 Å². The van der Waals surface area contributed by atoms with E-state index in [2.05, 4.69) is 15.2 Å². The number of hydrogen-bond donors (Lipinski definition) is 2. The Bertz CT molecular complexity index is 1070. The molecule has 3 aromatic rings. The van der Waals surface area contributed by atoms with Crippen molar-refractivity contribution >= 4 is 67.5 Å². The van der Waals surface area contributed by atoms with Gasteiger partial charge in [-0.05, 0) is 12.1 Å². The van der Waals surface area contributed by atoms with Gasteiger partial charge in [0.15, 0.2) is 0 Å². The molecule has 26 heavy (non-hydrogen) atoms. The summed E-state index contributed by atoms with van der Waals surface area (Å²) >= 11 is 0. The van der Waals surface area contributed by atoms with Crippen molar-refractivity contribution in [3.05, 3.63) is 48.7 Å². The van der Waals surface area contributed by atoms with Gasteiger partial charge < -0.3 is 10.5 Å². The van der Waals surface area contributed by atoms with Crippen molar-refractivity contribution in [2.75, 3.05) is 12.8 Å². The zero-order valence-corrected chi connectivity index (χ0v) is 13.9. The second-order valence-electron chi connectivity index (χ2n) is 5.09. The standard InChI is InChI=1S/C16H14N4O4S.Na.H/c1-24-15-7-6-10(9-18-15)19-20-13-8-14(25(21,22)23)11-4-2-3-5-12(11)16(13)17;;/h2-9H,17H2,1H3,(H,21,22,23);;. The van der Waals surface area contributed by atoms with Crippen LogP contribution in [-0.4, -0.2) is 54.6 Å². The number of azo groups is 1. The van der Waals surface area contributed by atoms with E-state index in [0.29, 0.717) is 22.3 Å². The number of nitrogens with two attached hydrogens (primary N) is 1. The Kier molecular flexibility index (Phi) is 6.32. The molecule has 3 N–H and O–H groups in total. The summed E-state index contributed by atoms with van der Waals surface area (Å²) in [5, 5.41) is 8.76. The van der Waals surface area contributed by atoms with Gasteiger partial charge in [-0.25, -0.2) is 4.98 Å². The summed E-state index contributed by atoms with van der Waals surface area (Å²) in [6, 6.07) is 11.0. The topological polar surface area (TPSA) is 127 Å². The van der Waals surface area contributed by atoms with E-state index >= 15 is 0 Å².